The van der Waals surface area contributed by atoms with E-state index >= 15 is 0 Å². The van der Waals surface area contributed by atoms with Crippen molar-refractivity contribution in [1.82, 2.24) is 5.32 Å². The average Bonchev–Trinajstić information content (AvgIpc) is 2.80. The van der Waals surface area contributed by atoms with E-state index in [4.69, 9.17) is 21.4 Å². The third kappa shape index (κ3) is 5.29. The van der Waals surface area contributed by atoms with Gasteiger partial charge in [0.2, 0.25) is 0 Å². The van der Waals surface area contributed by atoms with E-state index in [1.807, 2.05) is 19.9 Å². The van der Waals surface area contributed by atoms with E-state index in [0.717, 1.165) is 16.0 Å². The van der Waals surface area contributed by atoms with Crippen molar-refractivity contribution < 1.29 is 29.0 Å². The molecule has 182 valence electrons. The van der Waals surface area contributed by atoms with Gasteiger partial charge in [0, 0.05) is 0 Å². The number of nitrogens with zero attached hydrogens (tertiary/aromatic N) is 1. The van der Waals surface area contributed by atoms with Crippen molar-refractivity contribution in [2.45, 2.75) is 20.5 Å². The Balaban J connectivity index is 1.56. The summed E-state index contributed by atoms with van der Waals surface area (Å²) in [6.07, 6.45) is 1.35. The lowest BCUT2D eigenvalue weighted by atomic mass is 10.1. The number of ether oxygens (including phenoxy) is 1. The minimum Gasteiger partial charge on any atom is -0.487 e. The van der Waals surface area contributed by atoms with Gasteiger partial charge in [0.15, 0.2) is 0 Å². The van der Waals surface area contributed by atoms with Gasteiger partial charge in [0.25, 0.3) is 11.8 Å². The van der Waals surface area contributed by atoms with Crippen molar-refractivity contribution in [3.05, 3.63) is 99.1 Å². The standard InChI is InChI=1S/C27H21ClN2O6/c1-15-8-16(2)10-20(9-15)30-25(32)21(24(31)29-27(30)35)12-17-6-7-23(22(28)13-17)36-14-18-4-3-5-19(11-18)26(33)34/h3-13H,14H2,1-2H3,(H,33,34)(H,29,31,35)/b21-12+. The van der Waals surface area contributed by atoms with Crippen LogP contribution < -0.4 is 15.0 Å². The molecule has 4 amide bonds. The molecule has 0 unspecified atom stereocenters. The van der Waals surface area contributed by atoms with Crippen LogP contribution in [0, 0.1) is 13.8 Å². The monoisotopic (exact) mass is 504 g/mol. The summed E-state index contributed by atoms with van der Waals surface area (Å²) >= 11 is 6.35. The molecule has 9 heteroatoms. The van der Waals surface area contributed by atoms with Gasteiger partial charge in [-0.3, -0.25) is 14.9 Å². The maximum Gasteiger partial charge on any atom is 0.335 e. The van der Waals surface area contributed by atoms with Crippen LogP contribution in [0.15, 0.2) is 66.2 Å². The zero-order valence-corrected chi connectivity index (χ0v) is 20.1. The van der Waals surface area contributed by atoms with Gasteiger partial charge in [0.05, 0.1) is 16.3 Å². The normalized spacial score (nSPS) is 14.7. The van der Waals surface area contributed by atoms with Crippen molar-refractivity contribution in [2.24, 2.45) is 0 Å². The highest BCUT2D eigenvalue weighted by molar-refractivity contribution is 6.39. The molecule has 1 saturated heterocycles. The smallest absolute Gasteiger partial charge is 0.335 e. The van der Waals surface area contributed by atoms with Crippen LogP contribution in [-0.4, -0.2) is 28.9 Å². The van der Waals surface area contributed by atoms with Crippen LogP contribution in [0.4, 0.5) is 10.5 Å². The number of benzene rings is 3. The molecule has 3 aromatic rings. The number of hydrogen-bond donors (Lipinski definition) is 2. The molecule has 0 atom stereocenters. The zero-order chi connectivity index (χ0) is 26.0. The fraction of sp³-hybridized carbons (Fsp3) is 0.111. The summed E-state index contributed by atoms with van der Waals surface area (Å²) in [7, 11) is 0. The highest BCUT2D eigenvalue weighted by Crippen LogP contribution is 2.29. The number of carbonyl (C=O) groups is 4. The molecular formula is C27H21ClN2O6. The summed E-state index contributed by atoms with van der Waals surface area (Å²) in [6, 6.07) is 15.5. The van der Waals surface area contributed by atoms with Crippen molar-refractivity contribution in [1.29, 1.82) is 0 Å². The van der Waals surface area contributed by atoms with Crippen molar-refractivity contribution >= 4 is 47.2 Å². The predicted octanol–water partition coefficient (Wildman–Crippen LogP) is 4.90. The molecule has 0 aliphatic carbocycles. The first-order chi connectivity index (χ1) is 17.1. The molecule has 36 heavy (non-hydrogen) atoms. The lowest BCUT2D eigenvalue weighted by Gasteiger charge is -2.27. The van der Waals surface area contributed by atoms with Crippen LogP contribution in [0.25, 0.3) is 6.08 Å². The summed E-state index contributed by atoms with van der Waals surface area (Å²) in [6.45, 7) is 3.79. The number of anilines is 1. The SMILES string of the molecule is Cc1cc(C)cc(N2C(=O)NC(=O)/C(=C\c3ccc(OCc4cccc(C(=O)O)c4)c(Cl)c3)C2=O)c1. The van der Waals surface area contributed by atoms with E-state index in [2.05, 4.69) is 5.32 Å². The Labute approximate surface area is 211 Å². The van der Waals surface area contributed by atoms with E-state index in [1.165, 1.54) is 24.3 Å². The lowest BCUT2D eigenvalue weighted by molar-refractivity contribution is -0.122. The van der Waals surface area contributed by atoms with Gasteiger partial charge >= 0.3 is 12.0 Å². The van der Waals surface area contributed by atoms with E-state index < -0.39 is 23.8 Å². The molecule has 4 rings (SSSR count). The molecule has 0 bridgehead atoms. The minimum atomic E-state index is -1.04. The highest BCUT2D eigenvalue weighted by atomic mass is 35.5. The van der Waals surface area contributed by atoms with Crippen LogP contribution in [0.5, 0.6) is 5.75 Å². The van der Waals surface area contributed by atoms with Gasteiger partial charge < -0.3 is 9.84 Å². The largest absolute Gasteiger partial charge is 0.487 e. The number of amides is 4. The second-order valence-corrected chi connectivity index (χ2v) is 8.70. The van der Waals surface area contributed by atoms with E-state index in [0.29, 0.717) is 22.6 Å². The Morgan fingerprint density at radius 3 is 2.42 bits per heavy atom. The zero-order valence-electron chi connectivity index (χ0n) is 19.4. The van der Waals surface area contributed by atoms with E-state index in [-0.39, 0.29) is 22.8 Å². The van der Waals surface area contributed by atoms with E-state index in [1.54, 1.807) is 36.4 Å². The molecule has 8 nitrogen and oxygen atoms in total. The maximum atomic E-state index is 13.1. The molecule has 1 fully saturated rings. The van der Waals surface area contributed by atoms with Crippen molar-refractivity contribution in [3.8, 4) is 5.75 Å². The molecule has 0 radical (unpaired) electrons. The Morgan fingerprint density at radius 1 is 1.03 bits per heavy atom. The Hall–Kier alpha value is -4.43. The Morgan fingerprint density at radius 2 is 1.75 bits per heavy atom. The third-order valence-corrected chi connectivity index (χ3v) is 5.70. The molecular weight excluding hydrogens is 484 g/mol. The van der Waals surface area contributed by atoms with Crippen LogP contribution >= 0.6 is 11.6 Å². The number of rotatable bonds is 6. The molecule has 3 aromatic carbocycles. The first kappa shape index (κ1) is 24.7. The summed E-state index contributed by atoms with van der Waals surface area (Å²) in [5.74, 6) is -2.25. The minimum absolute atomic E-state index is 0.0924. The van der Waals surface area contributed by atoms with Crippen molar-refractivity contribution in [2.75, 3.05) is 4.90 Å². The number of barbiturate groups is 1. The number of aryl methyl sites for hydroxylation is 2. The highest BCUT2D eigenvalue weighted by Gasteiger charge is 2.37. The summed E-state index contributed by atoms with van der Waals surface area (Å²) in [4.78, 5) is 50.1. The first-order valence-electron chi connectivity index (χ1n) is 10.9. The maximum absolute atomic E-state index is 13.1. The van der Waals surface area contributed by atoms with Gasteiger partial charge in [-0.15, -0.1) is 0 Å². The quantitative estimate of drug-likeness (QED) is 0.364. The van der Waals surface area contributed by atoms with Gasteiger partial charge in [-0.05, 0) is 78.6 Å². The van der Waals surface area contributed by atoms with Crippen LogP contribution in [0.2, 0.25) is 5.02 Å². The number of imide groups is 2. The van der Waals surface area contributed by atoms with Gasteiger partial charge in [-0.25, -0.2) is 14.5 Å². The summed E-state index contributed by atoms with van der Waals surface area (Å²) in [5, 5.41) is 11.6. The molecule has 1 aliphatic heterocycles. The number of nitrogens with one attached hydrogen (secondary N) is 1. The predicted molar refractivity (Wildman–Crippen MR) is 134 cm³/mol. The molecule has 0 aromatic heterocycles. The van der Waals surface area contributed by atoms with Crippen LogP contribution in [0.3, 0.4) is 0 Å². The summed E-state index contributed by atoms with van der Waals surface area (Å²) < 4.78 is 5.71. The van der Waals surface area contributed by atoms with Gasteiger partial charge in [0.1, 0.15) is 17.9 Å². The number of urea groups is 1. The number of carboxylic acid groups (broad SMARTS) is 1. The molecule has 2 N–H and O–H groups in total. The number of halogens is 1. The fourth-order valence-electron chi connectivity index (χ4n) is 3.82. The topological polar surface area (TPSA) is 113 Å². The average molecular weight is 505 g/mol. The number of carbonyl (C=O) groups excluding carboxylic acids is 3. The first-order valence-corrected chi connectivity index (χ1v) is 11.2. The van der Waals surface area contributed by atoms with E-state index in [9.17, 15) is 19.2 Å². The lowest BCUT2D eigenvalue weighted by Crippen LogP contribution is -2.54. The fourth-order valence-corrected chi connectivity index (χ4v) is 4.06. The van der Waals surface area contributed by atoms with Gasteiger partial charge in [-0.2, -0.15) is 0 Å². The van der Waals surface area contributed by atoms with Crippen LogP contribution in [-0.2, 0) is 16.2 Å². The molecule has 0 spiro atoms. The number of carboxylic acids is 1. The Kier molecular flexibility index (Phi) is 6.89. The molecule has 1 aliphatic rings. The van der Waals surface area contributed by atoms with Crippen molar-refractivity contribution in [3.63, 3.8) is 0 Å². The van der Waals surface area contributed by atoms with Gasteiger partial charge in [-0.1, -0.05) is 35.9 Å². The second-order valence-electron chi connectivity index (χ2n) is 8.29. The summed E-state index contributed by atoms with van der Waals surface area (Å²) in [5.41, 5.74) is 3.13. The number of aromatic carboxylic acids is 1. The second kappa shape index (κ2) is 10.1. The third-order valence-electron chi connectivity index (χ3n) is 5.40. The molecule has 0 saturated carbocycles. The molecule has 1 heterocycles. The van der Waals surface area contributed by atoms with Crippen LogP contribution in [0.1, 0.15) is 32.6 Å². The number of hydrogen-bond acceptors (Lipinski definition) is 5. The Bertz CT molecular complexity index is 1430.